The molecule has 0 spiro atoms. The van der Waals surface area contributed by atoms with Crippen LogP contribution in [0.25, 0.3) is 16.1 Å². The third-order valence-corrected chi connectivity index (χ3v) is 6.46. The number of hydrogen-bond donors (Lipinski definition) is 0. The van der Waals surface area contributed by atoms with Gasteiger partial charge in [-0.3, -0.25) is 0 Å². The van der Waals surface area contributed by atoms with Gasteiger partial charge >= 0.3 is 24.0 Å². The van der Waals surface area contributed by atoms with Crippen molar-refractivity contribution in [3.63, 3.8) is 0 Å². The maximum absolute atomic E-state index is 14.4. The topological polar surface area (TPSA) is 44.1 Å². The zero-order chi connectivity index (χ0) is 25.6. The molecule has 0 aliphatic rings. The number of aromatic nitrogens is 2. The van der Waals surface area contributed by atoms with Crippen LogP contribution in [0, 0.1) is 0 Å². The van der Waals surface area contributed by atoms with Crippen LogP contribution in [0.4, 0.5) is 30.7 Å². The Bertz CT molecular complexity index is 1200. The summed E-state index contributed by atoms with van der Waals surface area (Å²) in [4.78, 5) is 12.4. The van der Waals surface area contributed by atoms with Crippen LogP contribution in [0.1, 0.15) is 22.8 Å². The molecule has 3 rings (SSSR count). The van der Waals surface area contributed by atoms with Gasteiger partial charge in [0, 0.05) is 22.2 Å². The lowest BCUT2D eigenvalue weighted by molar-refractivity contribution is -0.348. The molecule has 0 saturated carbocycles. The summed E-state index contributed by atoms with van der Waals surface area (Å²) in [6, 6.07) is 1.79. The average Bonchev–Trinajstić information content (AvgIpc) is 3.32. The third kappa shape index (κ3) is 4.60. The lowest BCUT2D eigenvalue weighted by Gasteiger charge is -2.30. The van der Waals surface area contributed by atoms with Crippen molar-refractivity contribution in [2.75, 3.05) is 6.61 Å². The molecule has 34 heavy (non-hydrogen) atoms. The normalized spacial score (nSPS) is 12.8. The zero-order valence-corrected chi connectivity index (χ0v) is 19.6. The first-order valence-corrected chi connectivity index (χ1v) is 10.9. The largest absolute Gasteiger partial charge is 0.462 e. The fraction of sp³-hybridized carbons (Fsp3) is 0.263. The molecule has 0 amide bonds. The van der Waals surface area contributed by atoms with Crippen molar-refractivity contribution in [2.24, 2.45) is 0 Å². The molecule has 2 aromatic heterocycles. The molecule has 0 aliphatic carbocycles. The van der Waals surface area contributed by atoms with Gasteiger partial charge in [0.1, 0.15) is 10.0 Å². The van der Waals surface area contributed by atoms with Crippen molar-refractivity contribution in [2.45, 2.75) is 24.9 Å². The van der Waals surface area contributed by atoms with Gasteiger partial charge in [-0.05, 0) is 25.1 Å². The molecule has 0 atom stereocenters. The van der Waals surface area contributed by atoms with Gasteiger partial charge < -0.3 is 4.74 Å². The third-order valence-electron chi connectivity index (χ3n) is 4.47. The Morgan fingerprint density at radius 3 is 2.09 bits per heavy atom. The van der Waals surface area contributed by atoms with E-state index in [-0.39, 0.29) is 34.3 Å². The monoisotopic (exact) mass is 568 g/mol. The second-order valence-electron chi connectivity index (χ2n) is 6.63. The van der Waals surface area contributed by atoms with E-state index in [1.807, 2.05) is 0 Å². The van der Waals surface area contributed by atoms with Gasteiger partial charge in [0.15, 0.2) is 0 Å². The highest BCUT2D eigenvalue weighted by Crippen LogP contribution is 2.54. The van der Waals surface area contributed by atoms with E-state index in [1.165, 1.54) is 18.5 Å². The molecule has 0 N–H and O–H groups in total. The highest BCUT2D eigenvalue weighted by molar-refractivity contribution is 7.19. The summed E-state index contributed by atoms with van der Waals surface area (Å²) in [5, 5.41) is 2.51. The van der Waals surface area contributed by atoms with Crippen LogP contribution >= 0.6 is 46.1 Å². The van der Waals surface area contributed by atoms with E-state index in [0.717, 1.165) is 16.0 Å². The molecule has 4 nitrogen and oxygen atoms in total. The number of ether oxygens (including phenoxy) is 1. The first kappa shape index (κ1) is 26.6. The maximum atomic E-state index is 14.4. The van der Waals surface area contributed by atoms with Crippen molar-refractivity contribution in [3.05, 3.63) is 56.1 Å². The second-order valence-corrected chi connectivity index (χ2v) is 9.10. The molecule has 15 heteroatoms. The van der Waals surface area contributed by atoms with Gasteiger partial charge in [-0.1, -0.05) is 34.8 Å². The molecule has 3 aromatic rings. The number of carbonyl (C=O) groups excluding carboxylic acids is 1. The summed E-state index contributed by atoms with van der Waals surface area (Å²) in [5.74, 6) is -0.659. The Morgan fingerprint density at radius 2 is 1.59 bits per heavy atom. The molecule has 0 aliphatic heterocycles. The van der Waals surface area contributed by atoms with Gasteiger partial charge in [-0.2, -0.15) is 31.4 Å². The number of rotatable bonds is 5. The Kier molecular flexibility index (Phi) is 7.20. The highest BCUT2D eigenvalue weighted by Gasteiger charge is 2.73. The minimum atomic E-state index is -6.33. The van der Waals surface area contributed by atoms with E-state index >= 15 is 0 Å². The fourth-order valence-electron chi connectivity index (χ4n) is 2.90. The van der Waals surface area contributed by atoms with Gasteiger partial charge in [0.2, 0.25) is 0 Å². The summed E-state index contributed by atoms with van der Waals surface area (Å²) in [6.07, 6.45) is -10.1. The Labute approximate surface area is 205 Å². The van der Waals surface area contributed by atoms with Gasteiger partial charge in [0.05, 0.1) is 28.4 Å². The lowest BCUT2D eigenvalue weighted by Crippen LogP contribution is -2.50. The minimum Gasteiger partial charge on any atom is -0.462 e. The number of thiophene rings is 1. The fourth-order valence-corrected chi connectivity index (χ4v) is 4.79. The smallest absolute Gasteiger partial charge is 0.435 e. The van der Waals surface area contributed by atoms with E-state index in [0.29, 0.717) is 10.4 Å². The van der Waals surface area contributed by atoms with Crippen LogP contribution in [0.15, 0.2) is 30.6 Å². The van der Waals surface area contributed by atoms with Crippen LogP contribution in [0.2, 0.25) is 14.4 Å². The average molecular weight is 570 g/mol. The van der Waals surface area contributed by atoms with E-state index in [1.54, 1.807) is 6.92 Å². The highest BCUT2D eigenvalue weighted by atomic mass is 35.5. The molecular formula is C19H10Cl3F7N2O2S. The Hall–Kier alpha value is -2.02. The van der Waals surface area contributed by atoms with Crippen LogP contribution in [-0.4, -0.2) is 34.7 Å². The maximum Gasteiger partial charge on any atom is 0.435 e. The molecule has 184 valence electrons. The summed E-state index contributed by atoms with van der Waals surface area (Å²) in [6.45, 7) is 1.73. The first-order valence-electron chi connectivity index (χ1n) is 8.95. The molecule has 0 radical (unpaired) electrons. The molecular weight excluding hydrogens is 560 g/mol. The number of carbonyl (C=O) groups is 1. The first-order chi connectivity index (χ1) is 15.6. The van der Waals surface area contributed by atoms with Crippen molar-refractivity contribution >= 4 is 52.1 Å². The van der Waals surface area contributed by atoms with Gasteiger partial charge in [0.25, 0.3) is 0 Å². The van der Waals surface area contributed by atoms with E-state index in [4.69, 9.17) is 39.5 Å². The summed E-state index contributed by atoms with van der Waals surface area (Å²) < 4.78 is 98.7. The van der Waals surface area contributed by atoms with E-state index in [9.17, 15) is 35.5 Å². The molecule has 0 bridgehead atoms. The quantitative estimate of drug-likeness (QED) is 0.231. The predicted octanol–water partition coefficient (Wildman–Crippen LogP) is 8.03. The molecule has 1 aromatic carbocycles. The van der Waals surface area contributed by atoms with Gasteiger partial charge in [-0.25, -0.2) is 13.9 Å². The number of benzene rings is 1. The number of nitrogens with zero attached hydrogens (tertiary/aromatic N) is 2. The minimum absolute atomic E-state index is 0.0928. The molecule has 0 fully saturated rings. The Balaban J connectivity index is 2.04. The number of hydrogen-bond acceptors (Lipinski definition) is 4. The van der Waals surface area contributed by atoms with E-state index in [2.05, 4.69) is 5.10 Å². The van der Waals surface area contributed by atoms with E-state index < -0.39 is 39.6 Å². The SMILES string of the molecule is CCOC(=O)c1cc(-c2cnn(-c3c(Cl)cc(C(F)(C(F)(F)F)C(F)(F)F)cc3Cl)c2)sc1Cl. The van der Waals surface area contributed by atoms with Crippen LogP contribution in [0.5, 0.6) is 0 Å². The predicted molar refractivity (Wildman–Crippen MR) is 113 cm³/mol. The zero-order valence-electron chi connectivity index (χ0n) is 16.5. The summed E-state index contributed by atoms with van der Waals surface area (Å²) >= 11 is 18.9. The number of alkyl halides is 7. The van der Waals surface area contributed by atoms with Crippen molar-refractivity contribution in [3.8, 4) is 16.1 Å². The van der Waals surface area contributed by atoms with Crippen LogP contribution < -0.4 is 0 Å². The molecule has 0 unspecified atom stereocenters. The standard InChI is InChI=1S/C19H10Cl3F7N2O2S/c1-2-33-16(32)10-5-13(34-15(10)22)8-6-30-31(7-8)14-11(20)3-9(4-12(14)21)17(23,18(24,25)26)19(27,28)29/h3-7H,2H2,1H3. The molecule has 2 heterocycles. The van der Waals surface area contributed by atoms with Crippen molar-refractivity contribution in [1.82, 2.24) is 9.78 Å². The van der Waals surface area contributed by atoms with Crippen molar-refractivity contribution < 1.29 is 40.3 Å². The van der Waals surface area contributed by atoms with Crippen molar-refractivity contribution in [1.29, 1.82) is 0 Å². The summed E-state index contributed by atoms with van der Waals surface area (Å²) in [5.41, 5.74) is -7.36. The van der Waals surface area contributed by atoms with Crippen LogP contribution in [0.3, 0.4) is 0 Å². The molecule has 0 saturated heterocycles. The van der Waals surface area contributed by atoms with Gasteiger partial charge in [-0.15, -0.1) is 11.3 Å². The number of esters is 1. The second kappa shape index (κ2) is 9.21. The number of halogens is 10. The van der Waals surface area contributed by atoms with Crippen LogP contribution in [-0.2, 0) is 10.4 Å². The summed E-state index contributed by atoms with van der Waals surface area (Å²) in [7, 11) is 0. The Morgan fingerprint density at radius 1 is 1.03 bits per heavy atom. The lowest BCUT2D eigenvalue weighted by atomic mass is 9.94.